The van der Waals surface area contributed by atoms with Crippen LogP contribution in [0.2, 0.25) is 0 Å². The van der Waals surface area contributed by atoms with Gasteiger partial charge in [0.05, 0.1) is 11.7 Å². The number of thiocarbonyl (C=S) groups is 1. The number of anilines is 2. The first-order chi connectivity index (χ1) is 15.6. The first-order valence-corrected chi connectivity index (χ1v) is 10.9. The number of hydrogen-bond acceptors (Lipinski definition) is 4. The van der Waals surface area contributed by atoms with Crippen molar-refractivity contribution in [3.63, 3.8) is 0 Å². The summed E-state index contributed by atoms with van der Waals surface area (Å²) in [6.07, 6.45) is 5.68. The predicted molar refractivity (Wildman–Crippen MR) is 132 cm³/mol. The van der Waals surface area contributed by atoms with Crippen LogP contribution in [0.1, 0.15) is 23.5 Å². The fourth-order valence-corrected chi connectivity index (χ4v) is 4.53. The summed E-state index contributed by atoms with van der Waals surface area (Å²) in [6.45, 7) is 0. The number of hydrogen-bond donors (Lipinski definition) is 1. The molecule has 3 aromatic heterocycles. The van der Waals surface area contributed by atoms with Crippen LogP contribution in [-0.2, 0) is 0 Å². The van der Waals surface area contributed by atoms with Gasteiger partial charge in [-0.2, -0.15) is 0 Å². The molecule has 6 nitrogen and oxygen atoms in total. The van der Waals surface area contributed by atoms with Crippen molar-refractivity contribution in [3.05, 3.63) is 103 Å². The molecule has 32 heavy (non-hydrogen) atoms. The minimum absolute atomic E-state index is 0.0976. The molecule has 0 aliphatic carbocycles. The Balaban J connectivity index is 1.64. The molecule has 0 spiro atoms. The summed E-state index contributed by atoms with van der Waals surface area (Å²) in [5.41, 5.74) is 4.20. The number of nitrogens with zero attached hydrogens (tertiary/aromatic N) is 5. The normalized spacial score (nSPS) is 17.9. The van der Waals surface area contributed by atoms with Gasteiger partial charge in [0, 0.05) is 49.8 Å². The monoisotopic (exact) mass is 440 g/mol. The molecule has 1 aliphatic rings. The summed E-state index contributed by atoms with van der Waals surface area (Å²) in [5, 5.41) is 4.20. The van der Waals surface area contributed by atoms with E-state index in [9.17, 15) is 0 Å². The van der Waals surface area contributed by atoms with E-state index in [0.717, 1.165) is 28.6 Å². The van der Waals surface area contributed by atoms with Crippen molar-refractivity contribution in [2.75, 3.05) is 23.9 Å². The highest BCUT2D eigenvalue weighted by atomic mass is 32.1. The first kappa shape index (κ1) is 20.2. The Bertz CT molecular complexity index is 1200. The smallest absolute Gasteiger partial charge is 0.174 e. The molecular weight excluding hydrogens is 416 g/mol. The second-order valence-corrected chi connectivity index (χ2v) is 8.29. The van der Waals surface area contributed by atoms with Gasteiger partial charge in [0.25, 0.3) is 0 Å². The number of benzene rings is 1. The molecule has 1 aliphatic heterocycles. The molecule has 1 saturated heterocycles. The van der Waals surface area contributed by atoms with E-state index >= 15 is 0 Å². The molecule has 0 saturated carbocycles. The quantitative estimate of drug-likeness (QED) is 0.461. The van der Waals surface area contributed by atoms with Crippen LogP contribution in [0.4, 0.5) is 11.4 Å². The molecule has 4 heterocycles. The van der Waals surface area contributed by atoms with Gasteiger partial charge in [0.15, 0.2) is 5.11 Å². The Hall–Kier alpha value is -3.71. The highest BCUT2D eigenvalue weighted by Gasteiger charge is 2.42. The predicted octanol–water partition coefficient (Wildman–Crippen LogP) is 4.51. The van der Waals surface area contributed by atoms with Crippen LogP contribution < -0.4 is 15.1 Å². The highest BCUT2D eigenvalue weighted by molar-refractivity contribution is 7.80. The molecule has 0 bridgehead atoms. The van der Waals surface area contributed by atoms with Gasteiger partial charge in [-0.3, -0.25) is 4.98 Å². The molecule has 1 fully saturated rings. The maximum absolute atomic E-state index is 5.85. The highest BCUT2D eigenvalue weighted by Crippen LogP contribution is 2.42. The van der Waals surface area contributed by atoms with Crippen LogP contribution >= 0.6 is 12.2 Å². The van der Waals surface area contributed by atoms with Gasteiger partial charge >= 0.3 is 0 Å². The largest absolute Gasteiger partial charge is 0.378 e. The fraction of sp³-hybridized carbons (Fsp3) is 0.160. The van der Waals surface area contributed by atoms with Gasteiger partial charge in [-0.1, -0.05) is 12.1 Å². The standard InChI is InChI=1S/C25H24N6S/c1-29(2)18-11-13-19(14-12-18)31-24(23(28-25(31)32)20-8-3-5-15-26-20)21-9-7-17-30(21)22-10-4-6-16-27-22/h3-17,23-24H,1-2H3,(H,28,32)/t23-,24-/m1/s1. The molecule has 4 aromatic rings. The van der Waals surface area contributed by atoms with Crippen LogP contribution in [0.3, 0.4) is 0 Å². The summed E-state index contributed by atoms with van der Waals surface area (Å²) >= 11 is 5.85. The van der Waals surface area contributed by atoms with E-state index in [0.29, 0.717) is 5.11 Å². The second kappa shape index (κ2) is 8.43. The third-order valence-electron chi connectivity index (χ3n) is 5.72. The van der Waals surface area contributed by atoms with E-state index in [1.54, 1.807) is 0 Å². The lowest BCUT2D eigenvalue weighted by Gasteiger charge is -2.29. The molecule has 0 amide bonds. The first-order valence-electron chi connectivity index (χ1n) is 10.5. The van der Waals surface area contributed by atoms with Crippen molar-refractivity contribution in [2.24, 2.45) is 0 Å². The topological polar surface area (TPSA) is 49.2 Å². The molecule has 2 atom stereocenters. The van der Waals surface area contributed by atoms with Crippen molar-refractivity contribution in [2.45, 2.75) is 12.1 Å². The van der Waals surface area contributed by atoms with Crippen LogP contribution in [-0.4, -0.2) is 33.7 Å². The Morgan fingerprint density at radius 3 is 2.28 bits per heavy atom. The van der Waals surface area contributed by atoms with Gasteiger partial charge in [-0.25, -0.2) is 4.98 Å². The number of nitrogens with one attached hydrogen (secondary N) is 1. The van der Waals surface area contributed by atoms with E-state index in [1.165, 1.54) is 0 Å². The Morgan fingerprint density at radius 1 is 0.875 bits per heavy atom. The average Bonchev–Trinajstić information content (AvgIpc) is 3.44. The van der Waals surface area contributed by atoms with Crippen LogP contribution in [0.15, 0.2) is 91.4 Å². The summed E-state index contributed by atoms with van der Waals surface area (Å²) in [5.74, 6) is 0.869. The third-order valence-corrected chi connectivity index (χ3v) is 6.04. The molecule has 0 radical (unpaired) electrons. The van der Waals surface area contributed by atoms with Crippen molar-refractivity contribution in [3.8, 4) is 5.82 Å². The van der Waals surface area contributed by atoms with Gasteiger partial charge in [0.1, 0.15) is 11.9 Å². The Morgan fingerprint density at radius 2 is 1.62 bits per heavy atom. The number of pyridine rings is 2. The van der Waals surface area contributed by atoms with Gasteiger partial charge in [-0.05, 0) is 72.9 Å². The van der Waals surface area contributed by atoms with Crippen LogP contribution in [0.5, 0.6) is 0 Å². The van der Waals surface area contributed by atoms with Gasteiger partial charge < -0.3 is 19.7 Å². The lowest BCUT2D eigenvalue weighted by molar-refractivity contribution is 0.548. The molecule has 1 N–H and O–H groups in total. The summed E-state index contributed by atoms with van der Waals surface area (Å²) in [4.78, 5) is 13.5. The molecular formula is C25H24N6S. The zero-order chi connectivity index (χ0) is 22.1. The lowest BCUT2D eigenvalue weighted by atomic mass is 10.0. The Kier molecular flexibility index (Phi) is 5.33. The van der Waals surface area contributed by atoms with Gasteiger partial charge in [-0.15, -0.1) is 0 Å². The van der Waals surface area contributed by atoms with E-state index in [-0.39, 0.29) is 12.1 Å². The van der Waals surface area contributed by atoms with Crippen LogP contribution in [0, 0.1) is 0 Å². The third kappa shape index (κ3) is 3.61. The minimum Gasteiger partial charge on any atom is -0.378 e. The average molecular weight is 441 g/mol. The molecule has 0 unspecified atom stereocenters. The number of rotatable bonds is 5. The van der Waals surface area contributed by atoms with E-state index in [4.69, 9.17) is 12.2 Å². The zero-order valence-corrected chi connectivity index (χ0v) is 18.8. The van der Waals surface area contributed by atoms with E-state index < -0.39 is 0 Å². The Labute approximate surface area is 193 Å². The molecule has 160 valence electrons. The maximum Gasteiger partial charge on any atom is 0.174 e. The van der Waals surface area contributed by atoms with Crippen LogP contribution in [0.25, 0.3) is 5.82 Å². The van der Waals surface area contributed by atoms with Crippen molar-refractivity contribution in [1.29, 1.82) is 0 Å². The molecule has 7 heteroatoms. The molecule has 1 aromatic carbocycles. The maximum atomic E-state index is 5.85. The summed E-state index contributed by atoms with van der Waals surface area (Å²) in [6, 6.07) is 24.4. The molecule has 5 rings (SSSR count). The van der Waals surface area contributed by atoms with Crippen molar-refractivity contribution >= 4 is 28.7 Å². The fourth-order valence-electron chi connectivity index (χ4n) is 4.18. The van der Waals surface area contributed by atoms with Crippen molar-refractivity contribution < 1.29 is 0 Å². The zero-order valence-electron chi connectivity index (χ0n) is 18.0. The van der Waals surface area contributed by atoms with E-state index in [1.807, 2.05) is 75.2 Å². The van der Waals surface area contributed by atoms with Crippen molar-refractivity contribution in [1.82, 2.24) is 19.9 Å². The number of aromatic nitrogens is 3. The minimum atomic E-state index is -0.102. The van der Waals surface area contributed by atoms with Gasteiger partial charge in [0.2, 0.25) is 0 Å². The second-order valence-electron chi connectivity index (χ2n) is 7.90. The lowest BCUT2D eigenvalue weighted by Crippen LogP contribution is -2.30. The summed E-state index contributed by atoms with van der Waals surface area (Å²) in [7, 11) is 4.08. The SMILES string of the molecule is CN(C)c1ccc(N2C(=S)N[C@H](c3ccccn3)[C@H]2c2cccn2-c2ccccn2)cc1. The summed E-state index contributed by atoms with van der Waals surface area (Å²) < 4.78 is 2.12. The van der Waals surface area contributed by atoms with E-state index in [2.05, 4.69) is 60.0 Å².